The Morgan fingerprint density at radius 1 is 1.25 bits per heavy atom. The fourth-order valence-corrected chi connectivity index (χ4v) is 4.38. The van der Waals surface area contributed by atoms with Crippen LogP contribution in [0.2, 0.25) is 0 Å². The number of carbonyl (C=O) groups excluding carboxylic acids is 1. The lowest BCUT2D eigenvalue weighted by Crippen LogP contribution is -2.40. The number of sulfonamides is 1. The Labute approximate surface area is 145 Å². The SMILES string of the molecule is CC[C@@H](C)NC(=O)CC1CCN(S(=O)(=O)c2ccc(C)cc2)CC1. The Morgan fingerprint density at radius 2 is 1.83 bits per heavy atom. The predicted octanol–water partition coefficient (Wildman–Crippen LogP) is 2.70. The number of rotatable bonds is 6. The molecule has 1 atom stereocenters. The van der Waals surface area contributed by atoms with Crippen molar-refractivity contribution in [3.63, 3.8) is 0 Å². The lowest BCUT2D eigenvalue weighted by molar-refractivity contribution is -0.122. The smallest absolute Gasteiger partial charge is 0.243 e. The third kappa shape index (κ3) is 4.80. The zero-order chi connectivity index (χ0) is 17.7. The van der Waals surface area contributed by atoms with Crippen molar-refractivity contribution in [2.45, 2.75) is 57.4 Å². The molecule has 0 radical (unpaired) electrons. The van der Waals surface area contributed by atoms with Gasteiger partial charge in [-0.2, -0.15) is 4.31 Å². The molecular weight excluding hydrogens is 324 g/mol. The highest BCUT2D eigenvalue weighted by Gasteiger charge is 2.30. The van der Waals surface area contributed by atoms with Gasteiger partial charge < -0.3 is 5.32 Å². The number of nitrogens with zero attached hydrogens (tertiary/aromatic N) is 1. The Morgan fingerprint density at radius 3 is 2.38 bits per heavy atom. The van der Waals surface area contributed by atoms with E-state index in [1.807, 2.05) is 32.9 Å². The first-order valence-electron chi connectivity index (χ1n) is 8.69. The number of piperidine rings is 1. The van der Waals surface area contributed by atoms with Gasteiger partial charge in [0.1, 0.15) is 0 Å². The third-order valence-corrected chi connectivity index (χ3v) is 6.64. The average Bonchev–Trinajstić information content (AvgIpc) is 2.55. The van der Waals surface area contributed by atoms with Crippen LogP contribution in [0, 0.1) is 12.8 Å². The van der Waals surface area contributed by atoms with Gasteiger partial charge in [-0.25, -0.2) is 8.42 Å². The maximum Gasteiger partial charge on any atom is 0.243 e. The van der Waals surface area contributed by atoms with Crippen molar-refractivity contribution >= 4 is 15.9 Å². The van der Waals surface area contributed by atoms with Gasteiger partial charge in [0.25, 0.3) is 0 Å². The van der Waals surface area contributed by atoms with Gasteiger partial charge in [0.05, 0.1) is 4.90 Å². The summed E-state index contributed by atoms with van der Waals surface area (Å²) in [5.74, 6) is 0.336. The van der Waals surface area contributed by atoms with E-state index >= 15 is 0 Å². The molecular formula is C18H28N2O3S. The number of hydrogen-bond acceptors (Lipinski definition) is 3. The fourth-order valence-electron chi connectivity index (χ4n) is 2.91. The molecule has 1 N–H and O–H groups in total. The van der Waals surface area contributed by atoms with Crippen LogP contribution in [-0.2, 0) is 14.8 Å². The van der Waals surface area contributed by atoms with E-state index in [0.29, 0.717) is 24.4 Å². The highest BCUT2D eigenvalue weighted by atomic mass is 32.2. The molecule has 2 rings (SSSR count). The fraction of sp³-hybridized carbons (Fsp3) is 0.611. The van der Waals surface area contributed by atoms with Crippen LogP contribution in [-0.4, -0.2) is 37.8 Å². The zero-order valence-electron chi connectivity index (χ0n) is 14.8. The lowest BCUT2D eigenvalue weighted by Gasteiger charge is -2.31. The highest BCUT2D eigenvalue weighted by molar-refractivity contribution is 7.89. The number of amides is 1. The number of benzene rings is 1. The number of aryl methyl sites for hydroxylation is 1. The molecule has 0 bridgehead atoms. The molecule has 1 amide bonds. The van der Waals surface area contributed by atoms with E-state index < -0.39 is 10.0 Å². The Bertz CT molecular complexity index is 647. The Kier molecular flexibility index (Phi) is 6.40. The van der Waals surface area contributed by atoms with Crippen LogP contribution < -0.4 is 5.32 Å². The molecule has 24 heavy (non-hydrogen) atoms. The summed E-state index contributed by atoms with van der Waals surface area (Å²) in [7, 11) is -3.42. The Hall–Kier alpha value is -1.40. The van der Waals surface area contributed by atoms with Crippen LogP contribution in [0.4, 0.5) is 0 Å². The molecule has 1 saturated heterocycles. The van der Waals surface area contributed by atoms with Crippen LogP contribution in [0.3, 0.4) is 0 Å². The average molecular weight is 353 g/mol. The molecule has 0 aromatic heterocycles. The molecule has 134 valence electrons. The van der Waals surface area contributed by atoms with E-state index in [9.17, 15) is 13.2 Å². The van der Waals surface area contributed by atoms with E-state index in [4.69, 9.17) is 0 Å². The molecule has 0 unspecified atom stereocenters. The van der Waals surface area contributed by atoms with Gasteiger partial charge in [-0.05, 0) is 51.2 Å². The molecule has 1 fully saturated rings. The minimum absolute atomic E-state index is 0.0733. The molecule has 1 aliphatic heterocycles. The Balaban J connectivity index is 1.90. The van der Waals surface area contributed by atoms with Crippen LogP contribution in [0.1, 0.15) is 45.1 Å². The van der Waals surface area contributed by atoms with E-state index in [0.717, 1.165) is 24.8 Å². The van der Waals surface area contributed by atoms with Crippen LogP contribution in [0.5, 0.6) is 0 Å². The van der Waals surface area contributed by atoms with Crippen molar-refractivity contribution in [3.05, 3.63) is 29.8 Å². The first kappa shape index (κ1) is 18.9. The molecule has 5 nitrogen and oxygen atoms in total. The number of carbonyl (C=O) groups is 1. The van der Waals surface area contributed by atoms with Crippen LogP contribution in [0.25, 0.3) is 0 Å². The van der Waals surface area contributed by atoms with Crippen LogP contribution >= 0.6 is 0 Å². The summed E-state index contributed by atoms with van der Waals surface area (Å²) in [4.78, 5) is 12.3. The largest absolute Gasteiger partial charge is 0.354 e. The second-order valence-electron chi connectivity index (χ2n) is 6.74. The van der Waals surface area contributed by atoms with Gasteiger partial charge >= 0.3 is 0 Å². The highest BCUT2D eigenvalue weighted by Crippen LogP contribution is 2.25. The second kappa shape index (κ2) is 8.12. The number of nitrogens with one attached hydrogen (secondary N) is 1. The summed E-state index contributed by atoms with van der Waals surface area (Å²) in [5.41, 5.74) is 1.04. The molecule has 1 aromatic carbocycles. The van der Waals surface area contributed by atoms with Crippen molar-refractivity contribution in [2.24, 2.45) is 5.92 Å². The first-order chi connectivity index (χ1) is 11.3. The minimum Gasteiger partial charge on any atom is -0.354 e. The van der Waals surface area contributed by atoms with E-state index in [-0.39, 0.29) is 17.9 Å². The van der Waals surface area contributed by atoms with Gasteiger partial charge in [-0.1, -0.05) is 24.6 Å². The third-order valence-electron chi connectivity index (χ3n) is 4.73. The van der Waals surface area contributed by atoms with Crippen molar-refractivity contribution in [2.75, 3.05) is 13.1 Å². The maximum absolute atomic E-state index is 12.7. The number of hydrogen-bond donors (Lipinski definition) is 1. The summed E-state index contributed by atoms with van der Waals surface area (Å²) >= 11 is 0. The summed E-state index contributed by atoms with van der Waals surface area (Å²) < 4.78 is 26.9. The second-order valence-corrected chi connectivity index (χ2v) is 8.68. The molecule has 0 aliphatic carbocycles. The van der Waals surface area contributed by atoms with Crippen molar-refractivity contribution in [1.29, 1.82) is 0 Å². The molecule has 6 heteroatoms. The lowest BCUT2D eigenvalue weighted by atomic mass is 9.94. The molecule has 0 saturated carbocycles. The molecule has 1 heterocycles. The van der Waals surface area contributed by atoms with Gasteiger partial charge in [0, 0.05) is 25.6 Å². The first-order valence-corrected chi connectivity index (χ1v) is 10.1. The predicted molar refractivity (Wildman–Crippen MR) is 95.2 cm³/mol. The quantitative estimate of drug-likeness (QED) is 0.856. The minimum atomic E-state index is -3.42. The topological polar surface area (TPSA) is 66.5 Å². The maximum atomic E-state index is 12.7. The summed E-state index contributed by atoms with van der Waals surface area (Å²) in [6.07, 6.45) is 2.87. The summed E-state index contributed by atoms with van der Waals surface area (Å²) in [6, 6.07) is 7.16. The van der Waals surface area contributed by atoms with Gasteiger partial charge in [-0.3, -0.25) is 4.79 Å². The standard InChI is InChI=1S/C18H28N2O3S/c1-4-15(3)19-18(21)13-16-9-11-20(12-10-16)24(22,23)17-7-5-14(2)6-8-17/h5-8,15-16H,4,9-13H2,1-3H3,(H,19,21)/t15-/m1/s1. The van der Waals surface area contributed by atoms with E-state index in [1.54, 1.807) is 16.4 Å². The van der Waals surface area contributed by atoms with Crippen molar-refractivity contribution < 1.29 is 13.2 Å². The van der Waals surface area contributed by atoms with E-state index in [2.05, 4.69) is 5.32 Å². The summed E-state index contributed by atoms with van der Waals surface area (Å²) in [6.45, 7) is 6.94. The molecule has 0 spiro atoms. The van der Waals surface area contributed by atoms with Crippen molar-refractivity contribution in [3.8, 4) is 0 Å². The molecule has 1 aliphatic rings. The van der Waals surface area contributed by atoms with Gasteiger partial charge in [0.2, 0.25) is 15.9 Å². The van der Waals surface area contributed by atoms with Gasteiger partial charge in [0.15, 0.2) is 0 Å². The summed E-state index contributed by atoms with van der Waals surface area (Å²) in [5, 5.41) is 2.98. The van der Waals surface area contributed by atoms with E-state index in [1.165, 1.54) is 0 Å². The zero-order valence-corrected chi connectivity index (χ0v) is 15.6. The normalized spacial score (nSPS) is 18.3. The van der Waals surface area contributed by atoms with Crippen molar-refractivity contribution in [1.82, 2.24) is 9.62 Å². The van der Waals surface area contributed by atoms with Gasteiger partial charge in [-0.15, -0.1) is 0 Å². The molecule has 1 aromatic rings. The van der Waals surface area contributed by atoms with Crippen LogP contribution in [0.15, 0.2) is 29.2 Å². The monoisotopic (exact) mass is 352 g/mol.